The largest absolute Gasteiger partial charge is 0.507 e. The summed E-state index contributed by atoms with van der Waals surface area (Å²) in [6.07, 6.45) is 0.356. The Morgan fingerprint density at radius 3 is 2.39 bits per heavy atom. The van der Waals surface area contributed by atoms with Gasteiger partial charge in [0.25, 0.3) is 11.7 Å². The van der Waals surface area contributed by atoms with Crippen LogP contribution in [0.2, 0.25) is 0 Å². The molecule has 0 saturated carbocycles. The van der Waals surface area contributed by atoms with Gasteiger partial charge in [-0.25, -0.2) is 4.39 Å². The summed E-state index contributed by atoms with van der Waals surface area (Å²) >= 11 is 0. The molecule has 4 aromatic rings. The van der Waals surface area contributed by atoms with Gasteiger partial charge in [0.15, 0.2) is 0 Å². The summed E-state index contributed by atoms with van der Waals surface area (Å²) in [7, 11) is 0. The van der Waals surface area contributed by atoms with Crippen LogP contribution in [-0.2, 0) is 16.0 Å². The molecular formula is C32H28FNO4. The number of Topliss-reactive ketones (excluding diaryl/α,β-unsaturated/α-hetero) is 1. The number of nitrogens with zero attached hydrogens (tertiary/aromatic N) is 1. The summed E-state index contributed by atoms with van der Waals surface area (Å²) in [5.41, 5.74) is 1.98. The predicted molar refractivity (Wildman–Crippen MR) is 145 cm³/mol. The number of aliphatic hydroxyl groups excluding tert-OH is 1. The maximum absolute atomic E-state index is 13.4. The minimum absolute atomic E-state index is 0.0334. The van der Waals surface area contributed by atoms with Crippen molar-refractivity contribution in [1.29, 1.82) is 0 Å². The molecule has 6 heteroatoms. The van der Waals surface area contributed by atoms with Crippen LogP contribution < -0.4 is 4.74 Å². The van der Waals surface area contributed by atoms with E-state index < -0.39 is 17.7 Å². The van der Waals surface area contributed by atoms with E-state index in [2.05, 4.69) is 0 Å². The summed E-state index contributed by atoms with van der Waals surface area (Å²) in [4.78, 5) is 28.2. The van der Waals surface area contributed by atoms with Crippen LogP contribution in [0.3, 0.4) is 0 Å². The third-order valence-corrected chi connectivity index (χ3v) is 6.66. The number of carbonyl (C=O) groups excluding carboxylic acids is 2. The summed E-state index contributed by atoms with van der Waals surface area (Å²) in [5.74, 6) is -1.39. The zero-order valence-corrected chi connectivity index (χ0v) is 21.2. The zero-order valence-electron chi connectivity index (χ0n) is 21.2. The minimum atomic E-state index is -0.808. The van der Waals surface area contributed by atoms with Gasteiger partial charge in [0.1, 0.15) is 17.3 Å². The molecule has 5 rings (SSSR count). The molecule has 0 bridgehead atoms. The Hall–Kier alpha value is -4.45. The van der Waals surface area contributed by atoms with Gasteiger partial charge in [0, 0.05) is 12.1 Å². The number of carbonyl (C=O) groups is 2. The van der Waals surface area contributed by atoms with E-state index >= 15 is 0 Å². The molecular weight excluding hydrogens is 481 g/mol. The first-order valence-corrected chi connectivity index (χ1v) is 12.6. The number of aliphatic hydroxyl groups is 1. The highest BCUT2D eigenvalue weighted by Crippen LogP contribution is 2.40. The molecule has 1 N–H and O–H groups in total. The number of fused-ring (bicyclic) bond motifs is 1. The molecule has 5 nitrogen and oxygen atoms in total. The van der Waals surface area contributed by atoms with Crippen LogP contribution in [-0.4, -0.2) is 34.3 Å². The Kier molecular flexibility index (Phi) is 6.97. The van der Waals surface area contributed by atoms with Crippen molar-refractivity contribution in [2.75, 3.05) is 6.54 Å². The van der Waals surface area contributed by atoms with Crippen LogP contribution in [0.5, 0.6) is 5.75 Å². The van der Waals surface area contributed by atoms with Gasteiger partial charge in [-0.3, -0.25) is 9.59 Å². The van der Waals surface area contributed by atoms with Crippen molar-refractivity contribution < 1.29 is 23.8 Å². The van der Waals surface area contributed by atoms with Crippen LogP contribution in [0.1, 0.15) is 36.6 Å². The fourth-order valence-corrected chi connectivity index (χ4v) is 4.88. The Labute approximate surface area is 220 Å². The van der Waals surface area contributed by atoms with E-state index in [1.165, 1.54) is 17.0 Å². The van der Waals surface area contributed by atoms with Gasteiger partial charge in [0.2, 0.25) is 0 Å². The van der Waals surface area contributed by atoms with Gasteiger partial charge in [-0.05, 0) is 72.5 Å². The van der Waals surface area contributed by atoms with E-state index in [4.69, 9.17) is 4.74 Å². The van der Waals surface area contributed by atoms with Crippen molar-refractivity contribution in [1.82, 2.24) is 4.90 Å². The first-order chi connectivity index (χ1) is 18.3. The molecule has 1 aliphatic heterocycles. The molecule has 4 aromatic carbocycles. The highest BCUT2D eigenvalue weighted by molar-refractivity contribution is 6.46. The number of likely N-dealkylation sites (tertiary alicyclic amines) is 1. The fourth-order valence-electron chi connectivity index (χ4n) is 4.88. The normalized spacial score (nSPS) is 16.9. The van der Waals surface area contributed by atoms with Crippen molar-refractivity contribution in [2.45, 2.75) is 32.4 Å². The minimum Gasteiger partial charge on any atom is -0.507 e. The molecule has 0 radical (unpaired) electrons. The molecule has 0 aliphatic carbocycles. The van der Waals surface area contributed by atoms with Gasteiger partial charge in [0.05, 0.1) is 17.7 Å². The van der Waals surface area contributed by atoms with Gasteiger partial charge < -0.3 is 14.7 Å². The lowest BCUT2D eigenvalue weighted by atomic mass is 9.94. The number of amides is 1. The summed E-state index contributed by atoms with van der Waals surface area (Å²) in [6.45, 7) is 4.05. The second-order valence-electron chi connectivity index (χ2n) is 9.67. The molecule has 1 amide bonds. The quantitative estimate of drug-likeness (QED) is 0.177. The van der Waals surface area contributed by atoms with Crippen LogP contribution in [0.25, 0.3) is 16.5 Å². The number of ketones is 1. The molecule has 1 heterocycles. The van der Waals surface area contributed by atoms with Crippen molar-refractivity contribution in [3.63, 3.8) is 0 Å². The number of hydrogen-bond acceptors (Lipinski definition) is 4. The van der Waals surface area contributed by atoms with E-state index in [1.807, 2.05) is 68.4 Å². The Morgan fingerprint density at radius 1 is 0.921 bits per heavy atom. The van der Waals surface area contributed by atoms with Gasteiger partial charge in [-0.1, -0.05) is 60.7 Å². The number of ether oxygens (including phenoxy) is 1. The molecule has 1 unspecified atom stereocenters. The van der Waals surface area contributed by atoms with Gasteiger partial charge in [-0.2, -0.15) is 0 Å². The molecule has 1 saturated heterocycles. The van der Waals surface area contributed by atoms with Crippen molar-refractivity contribution >= 4 is 28.2 Å². The SMILES string of the molecule is CC(C)Oc1cccc(C2/C(=C(/O)c3ccc4ccccc4c3)C(=O)C(=O)N2CCc2ccc(F)cc2)c1. The lowest BCUT2D eigenvalue weighted by Gasteiger charge is -2.26. The first-order valence-electron chi connectivity index (χ1n) is 12.6. The second kappa shape index (κ2) is 10.5. The molecule has 1 atom stereocenters. The number of hydrogen-bond donors (Lipinski definition) is 1. The van der Waals surface area contributed by atoms with Gasteiger partial charge in [-0.15, -0.1) is 0 Å². The maximum atomic E-state index is 13.4. The smallest absolute Gasteiger partial charge is 0.295 e. The second-order valence-corrected chi connectivity index (χ2v) is 9.67. The average molecular weight is 510 g/mol. The van der Waals surface area contributed by atoms with Crippen molar-refractivity contribution in [3.8, 4) is 5.75 Å². The van der Waals surface area contributed by atoms with Gasteiger partial charge >= 0.3 is 0 Å². The van der Waals surface area contributed by atoms with E-state index in [9.17, 15) is 19.1 Å². The molecule has 0 aromatic heterocycles. The lowest BCUT2D eigenvalue weighted by Crippen LogP contribution is -2.31. The molecule has 1 fully saturated rings. The molecule has 192 valence electrons. The highest BCUT2D eigenvalue weighted by atomic mass is 19.1. The van der Waals surface area contributed by atoms with Crippen LogP contribution >= 0.6 is 0 Å². The van der Waals surface area contributed by atoms with E-state index in [0.29, 0.717) is 23.3 Å². The monoisotopic (exact) mass is 509 g/mol. The van der Waals surface area contributed by atoms with E-state index in [1.54, 1.807) is 24.3 Å². The topological polar surface area (TPSA) is 66.8 Å². The standard InChI is InChI=1S/C32H28FNO4/c1-20(2)38-27-9-5-8-24(19-27)29-28(30(35)25-13-12-22-6-3-4-7-23(22)18-25)31(36)32(37)34(29)17-16-21-10-14-26(33)15-11-21/h3-15,18-20,29,35H,16-17H2,1-2H3/b30-28-. The average Bonchev–Trinajstić information content (AvgIpc) is 3.17. The van der Waals surface area contributed by atoms with E-state index in [-0.39, 0.29) is 29.8 Å². The number of halogens is 1. The Bertz CT molecular complexity index is 1540. The number of rotatable bonds is 7. The summed E-state index contributed by atoms with van der Waals surface area (Å²) in [5, 5.41) is 13.4. The van der Waals surface area contributed by atoms with Crippen LogP contribution in [0, 0.1) is 5.82 Å². The van der Waals surface area contributed by atoms with Crippen LogP contribution in [0.15, 0.2) is 96.6 Å². The lowest BCUT2D eigenvalue weighted by molar-refractivity contribution is -0.139. The predicted octanol–water partition coefficient (Wildman–Crippen LogP) is 6.43. The fraction of sp³-hybridized carbons (Fsp3) is 0.188. The Morgan fingerprint density at radius 2 is 1.66 bits per heavy atom. The van der Waals surface area contributed by atoms with Crippen molar-refractivity contribution in [2.24, 2.45) is 0 Å². The van der Waals surface area contributed by atoms with E-state index in [0.717, 1.165) is 16.3 Å². The highest BCUT2D eigenvalue weighted by Gasteiger charge is 2.46. The molecule has 1 aliphatic rings. The summed E-state index contributed by atoms with van der Waals surface area (Å²) < 4.78 is 19.3. The third-order valence-electron chi connectivity index (χ3n) is 6.66. The molecule has 0 spiro atoms. The third kappa shape index (κ3) is 5.02. The number of benzene rings is 4. The maximum Gasteiger partial charge on any atom is 0.295 e. The van der Waals surface area contributed by atoms with Crippen LogP contribution in [0.4, 0.5) is 4.39 Å². The summed E-state index contributed by atoms with van der Waals surface area (Å²) in [6, 6.07) is 25.7. The first kappa shape index (κ1) is 25.2. The molecule has 38 heavy (non-hydrogen) atoms. The van der Waals surface area contributed by atoms with Crippen molar-refractivity contribution in [3.05, 3.63) is 119 Å². The Balaban J connectivity index is 1.60. The zero-order chi connectivity index (χ0) is 26.8.